The van der Waals surface area contributed by atoms with Crippen molar-refractivity contribution in [3.8, 4) is 11.1 Å². The summed E-state index contributed by atoms with van der Waals surface area (Å²) in [4.78, 5) is 13.1. The molecule has 4 rings (SSSR count). The van der Waals surface area contributed by atoms with Gasteiger partial charge in [-0.15, -0.1) is 23.1 Å². The molecule has 1 fully saturated rings. The summed E-state index contributed by atoms with van der Waals surface area (Å²) in [6, 6.07) is 8.77. The van der Waals surface area contributed by atoms with Crippen LogP contribution in [0.25, 0.3) is 21.3 Å². The Morgan fingerprint density at radius 1 is 1.08 bits per heavy atom. The quantitative estimate of drug-likeness (QED) is 0.596. The smallest absolute Gasteiger partial charge is 0.128 e. The topological polar surface area (TPSA) is 29.0 Å². The lowest BCUT2D eigenvalue weighted by molar-refractivity contribution is 0.282. The number of rotatable bonds is 3. The largest absolute Gasteiger partial charge is 0.306 e. The molecular weight excluding hydrogens is 346 g/mol. The van der Waals surface area contributed by atoms with Gasteiger partial charge in [-0.2, -0.15) is 0 Å². The molecule has 0 spiro atoms. The molecule has 2 aromatic heterocycles. The van der Waals surface area contributed by atoms with Gasteiger partial charge in [-0.1, -0.05) is 29.8 Å². The third kappa shape index (κ3) is 3.59. The third-order valence-electron chi connectivity index (χ3n) is 4.82. The molecule has 5 heteroatoms. The van der Waals surface area contributed by atoms with E-state index in [4.69, 9.17) is 9.97 Å². The first-order valence-corrected chi connectivity index (χ1v) is 10.5. The van der Waals surface area contributed by atoms with Gasteiger partial charge >= 0.3 is 0 Å². The lowest BCUT2D eigenvalue weighted by Gasteiger charge is -2.28. The molecule has 0 saturated carbocycles. The van der Waals surface area contributed by atoms with Crippen LogP contribution in [-0.4, -0.2) is 40.3 Å². The van der Waals surface area contributed by atoms with E-state index in [0.717, 1.165) is 15.7 Å². The number of fused-ring (bicyclic) bond motifs is 1. The molecular formula is C20H23N3S2. The first kappa shape index (κ1) is 17.0. The van der Waals surface area contributed by atoms with Crippen LogP contribution in [0.1, 0.15) is 24.2 Å². The van der Waals surface area contributed by atoms with Crippen LogP contribution >= 0.6 is 23.1 Å². The Morgan fingerprint density at radius 3 is 2.52 bits per heavy atom. The van der Waals surface area contributed by atoms with Crippen molar-refractivity contribution in [2.45, 2.75) is 37.0 Å². The molecule has 0 amide bonds. The summed E-state index contributed by atoms with van der Waals surface area (Å²) in [5.74, 6) is 0.875. The first-order valence-electron chi connectivity index (χ1n) is 8.78. The van der Waals surface area contributed by atoms with Crippen molar-refractivity contribution in [1.82, 2.24) is 14.9 Å². The van der Waals surface area contributed by atoms with Crippen molar-refractivity contribution in [1.29, 1.82) is 0 Å². The predicted octanol–water partition coefficient (Wildman–Crippen LogP) is 5.16. The summed E-state index contributed by atoms with van der Waals surface area (Å²) < 4.78 is 0. The average Bonchev–Trinajstić information content (AvgIpc) is 3.01. The second kappa shape index (κ2) is 7.06. The van der Waals surface area contributed by atoms with Crippen molar-refractivity contribution in [2.75, 3.05) is 20.1 Å². The minimum absolute atomic E-state index is 0.652. The molecule has 1 aliphatic rings. The van der Waals surface area contributed by atoms with Gasteiger partial charge in [0, 0.05) is 16.2 Å². The van der Waals surface area contributed by atoms with Crippen LogP contribution in [0.3, 0.4) is 0 Å². The average molecular weight is 370 g/mol. The summed E-state index contributed by atoms with van der Waals surface area (Å²) in [6.07, 6.45) is 2.46. The number of nitrogens with zero attached hydrogens (tertiary/aromatic N) is 3. The van der Waals surface area contributed by atoms with E-state index in [1.54, 1.807) is 11.3 Å². The SMILES string of the molecule is Cc1ccc(-c2csc3nc(C)nc(SC4CCN(C)CC4)c23)cc1. The fourth-order valence-electron chi connectivity index (χ4n) is 3.30. The minimum Gasteiger partial charge on any atom is -0.306 e. The normalized spacial score (nSPS) is 16.6. The van der Waals surface area contributed by atoms with E-state index in [1.807, 2.05) is 18.7 Å². The molecule has 3 nitrogen and oxygen atoms in total. The van der Waals surface area contributed by atoms with Crippen LogP contribution in [0.2, 0.25) is 0 Å². The van der Waals surface area contributed by atoms with Gasteiger partial charge in [0.2, 0.25) is 0 Å². The van der Waals surface area contributed by atoms with Gasteiger partial charge in [-0.3, -0.25) is 0 Å². The Bertz CT molecular complexity index is 878. The van der Waals surface area contributed by atoms with Crippen molar-refractivity contribution in [3.63, 3.8) is 0 Å². The number of thioether (sulfide) groups is 1. The second-order valence-electron chi connectivity index (χ2n) is 6.89. The maximum atomic E-state index is 4.84. The molecule has 3 aromatic rings. The first-order chi connectivity index (χ1) is 12.1. The summed E-state index contributed by atoms with van der Waals surface area (Å²) in [5, 5.41) is 5.29. The maximum Gasteiger partial charge on any atom is 0.128 e. The third-order valence-corrected chi connectivity index (χ3v) is 7.01. The highest BCUT2D eigenvalue weighted by molar-refractivity contribution is 8.00. The Kier molecular flexibility index (Phi) is 4.80. The molecule has 0 N–H and O–H groups in total. The molecule has 0 unspecified atom stereocenters. The Hall–Kier alpha value is -1.43. The molecule has 0 aliphatic carbocycles. The number of aryl methyl sites for hydroxylation is 2. The second-order valence-corrected chi connectivity index (χ2v) is 9.04. The van der Waals surface area contributed by atoms with E-state index < -0.39 is 0 Å². The summed E-state index contributed by atoms with van der Waals surface area (Å²) in [6.45, 7) is 6.49. The number of hydrogen-bond donors (Lipinski definition) is 0. The fourth-order valence-corrected chi connectivity index (χ4v) is 5.63. The molecule has 3 heterocycles. The Morgan fingerprint density at radius 2 is 1.80 bits per heavy atom. The van der Waals surface area contributed by atoms with E-state index in [0.29, 0.717) is 5.25 Å². The molecule has 0 atom stereocenters. The Balaban J connectivity index is 1.74. The van der Waals surface area contributed by atoms with Crippen LogP contribution in [0.4, 0.5) is 0 Å². The van der Waals surface area contributed by atoms with Crippen LogP contribution < -0.4 is 0 Å². The molecule has 1 aliphatic heterocycles. The van der Waals surface area contributed by atoms with Gasteiger partial charge in [0.05, 0.1) is 5.39 Å². The van der Waals surface area contributed by atoms with Gasteiger partial charge in [-0.25, -0.2) is 9.97 Å². The van der Waals surface area contributed by atoms with Crippen LogP contribution in [0.5, 0.6) is 0 Å². The number of hydrogen-bond acceptors (Lipinski definition) is 5. The number of benzene rings is 1. The van der Waals surface area contributed by atoms with Crippen molar-refractivity contribution < 1.29 is 0 Å². The number of thiophene rings is 1. The summed E-state index contributed by atoms with van der Waals surface area (Å²) >= 11 is 3.69. The molecule has 25 heavy (non-hydrogen) atoms. The monoisotopic (exact) mass is 369 g/mol. The van der Waals surface area contributed by atoms with Gasteiger partial charge in [0.1, 0.15) is 15.7 Å². The predicted molar refractivity (Wildman–Crippen MR) is 109 cm³/mol. The van der Waals surface area contributed by atoms with E-state index in [9.17, 15) is 0 Å². The summed E-state index contributed by atoms with van der Waals surface area (Å²) in [7, 11) is 2.21. The zero-order valence-electron chi connectivity index (χ0n) is 15.0. The fraction of sp³-hybridized carbons (Fsp3) is 0.400. The van der Waals surface area contributed by atoms with Gasteiger partial charge in [0.15, 0.2) is 0 Å². The Labute approximate surface area is 157 Å². The lowest BCUT2D eigenvalue weighted by atomic mass is 10.1. The number of piperidine rings is 1. The van der Waals surface area contributed by atoms with E-state index in [-0.39, 0.29) is 0 Å². The molecule has 1 saturated heterocycles. The highest BCUT2D eigenvalue weighted by Gasteiger charge is 2.22. The van der Waals surface area contributed by atoms with Crippen LogP contribution in [0, 0.1) is 13.8 Å². The standard InChI is InChI=1S/C20H23N3S2/c1-13-4-6-15(7-5-13)17-12-24-19-18(17)20(22-14(2)21-19)25-16-8-10-23(3)11-9-16/h4-7,12,16H,8-11H2,1-3H3. The highest BCUT2D eigenvalue weighted by atomic mass is 32.2. The van der Waals surface area contributed by atoms with Gasteiger partial charge in [0.25, 0.3) is 0 Å². The number of likely N-dealkylation sites (tertiary alicyclic amines) is 1. The van der Waals surface area contributed by atoms with E-state index in [1.165, 1.54) is 48.0 Å². The van der Waals surface area contributed by atoms with Crippen LogP contribution in [0.15, 0.2) is 34.7 Å². The van der Waals surface area contributed by atoms with E-state index >= 15 is 0 Å². The van der Waals surface area contributed by atoms with Crippen molar-refractivity contribution >= 4 is 33.3 Å². The van der Waals surface area contributed by atoms with Gasteiger partial charge in [-0.05, 0) is 52.4 Å². The lowest BCUT2D eigenvalue weighted by Crippen LogP contribution is -2.31. The van der Waals surface area contributed by atoms with E-state index in [2.05, 4.69) is 48.5 Å². The molecule has 1 aromatic carbocycles. The van der Waals surface area contributed by atoms with Crippen molar-refractivity contribution in [2.24, 2.45) is 0 Å². The zero-order valence-corrected chi connectivity index (χ0v) is 16.6. The van der Waals surface area contributed by atoms with Gasteiger partial charge < -0.3 is 4.90 Å². The number of aromatic nitrogens is 2. The maximum absolute atomic E-state index is 4.84. The molecule has 0 bridgehead atoms. The zero-order chi connectivity index (χ0) is 17.4. The molecule has 130 valence electrons. The highest BCUT2D eigenvalue weighted by Crippen LogP contribution is 2.40. The van der Waals surface area contributed by atoms with Crippen molar-refractivity contribution in [3.05, 3.63) is 41.0 Å². The minimum atomic E-state index is 0.652. The summed E-state index contributed by atoms with van der Waals surface area (Å²) in [5.41, 5.74) is 3.82. The molecule has 0 radical (unpaired) electrons. The van der Waals surface area contributed by atoms with Crippen LogP contribution in [-0.2, 0) is 0 Å².